The molecule has 31 heavy (non-hydrogen) atoms. The molecular weight excluding hydrogens is 401 g/mol. The van der Waals surface area contributed by atoms with Crippen molar-refractivity contribution in [1.82, 2.24) is 15.1 Å². The molecule has 0 unspecified atom stereocenters. The number of ether oxygens (including phenoxy) is 1. The monoisotopic (exact) mass is 419 g/mol. The normalized spacial score (nSPS) is 10.6. The summed E-state index contributed by atoms with van der Waals surface area (Å²) in [6.07, 6.45) is 1.54. The average molecular weight is 419 g/mol. The highest BCUT2D eigenvalue weighted by Crippen LogP contribution is 2.12. The molecule has 0 radical (unpaired) electrons. The molecule has 156 valence electrons. The molecule has 4 rings (SSSR count). The van der Waals surface area contributed by atoms with Crippen LogP contribution < -0.4 is 15.6 Å². The van der Waals surface area contributed by atoms with Crippen LogP contribution in [-0.4, -0.2) is 15.7 Å². The second-order valence-corrected chi connectivity index (χ2v) is 6.65. The number of carbonyl (C=O) groups excluding carboxylic acids is 1. The second kappa shape index (κ2) is 9.08. The molecule has 2 aromatic carbocycles. The van der Waals surface area contributed by atoms with Crippen LogP contribution >= 0.6 is 0 Å². The van der Waals surface area contributed by atoms with Gasteiger partial charge in [-0.3, -0.25) is 9.59 Å². The lowest BCUT2D eigenvalue weighted by molar-refractivity contribution is 0.0948. The van der Waals surface area contributed by atoms with E-state index in [1.165, 1.54) is 35.2 Å². The molecule has 0 aliphatic rings. The molecule has 0 saturated carbocycles. The zero-order chi connectivity index (χ0) is 21.6. The Labute approximate surface area is 176 Å². The van der Waals surface area contributed by atoms with E-state index in [0.717, 1.165) is 0 Å². The van der Waals surface area contributed by atoms with Crippen molar-refractivity contribution in [2.24, 2.45) is 0 Å². The van der Waals surface area contributed by atoms with E-state index in [9.17, 15) is 14.0 Å². The third-order valence-corrected chi connectivity index (χ3v) is 4.43. The molecule has 0 atom stereocenters. The quantitative estimate of drug-likeness (QED) is 0.496. The molecule has 0 aliphatic heterocycles. The summed E-state index contributed by atoms with van der Waals surface area (Å²) in [4.78, 5) is 24.5. The van der Waals surface area contributed by atoms with E-state index in [1.54, 1.807) is 48.5 Å². The summed E-state index contributed by atoms with van der Waals surface area (Å²) in [6.45, 7) is 0.386. The molecule has 0 bridgehead atoms. The van der Waals surface area contributed by atoms with Gasteiger partial charge in [0.2, 0.25) is 5.88 Å². The SMILES string of the molecule is O=C(NCc1ccco1)c1ccc(-n2nc(OCc3cccc(F)c3)ccc2=O)cc1. The summed E-state index contributed by atoms with van der Waals surface area (Å²) in [5.41, 5.74) is 1.20. The molecule has 2 heterocycles. The van der Waals surface area contributed by atoms with Crippen molar-refractivity contribution in [2.75, 3.05) is 0 Å². The maximum Gasteiger partial charge on any atom is 0.271 e. The van der Waals surface area contributed by atoms with Gasteiger partial charge in [0.05, 0.1) is 18.5 Å². The molecule has 0 spiro atoms. The van der Waals surface area contributed by atoms with E-state index < -0.39 is 0 Å². The van der Waals surface area contributed by atoms with Crippen LogP contribution in [0.4, 0.5) is 4.39 Å². The Morgan fingerprint density at radius 2 is 1.90 bits per heavy atom. The molecular formula is C23H18FN3O4. The Morgan fingerprint density at radius 1 is 1.06 bits per heavy atom. The van der Waals surface area contributed by atoms with E-state index in [0.29, 0.717) is 22.6 Å². The van der Waals surface area contributed by atoms with Gasteiger partial charge in [0.15, 0.2) is 0 Å². The Kier molecular flexibility index (Phi) is 5.89. The molecule has 8 heteroatoms. The fraction of sp³-hybridized carbons (Fsp3) is 0.0870. The first kappa shape index (κ1) is 20.1. The van der Waals surface area contributed by atoms with Gasteiger partial charge in [-0.2, -0.15) is 4.68 Å². The first-order chi connectivity index (χ1) is 15.1. The van der Waals surface area contributed by atoms with Crippen molar-refractivity contribution in [2.45, 2.75) is 13.2 Å². The lowest BCUT2D eigenvalue weighted by Gasteiger charge is -2.09. The molecule has 1 N–H and O–H groups in total. The van der Waals surface area contributed by atoms with E-state index in [2.05, 4.69) is 10.4 Å². The van der Waals surface area contributed by atoms with Crippen molar-refractivity contribution in [3.63, 3.8) is 0 Å². The number of halogens is 1. The third-order valence-electron chi connectivity index (χ3n) is 4.43. The summed E-state index contributed by atoms with van der Waals surface area (Å²) < 4.78 is 25.2. The highest BCUT2D eigenvalue weighted by atomic mass is 19.1. The standard InChI is InChI=1S/C23H18FN3O4/c24-18-4-1-3-16(13-18)15-31-21-10-11-22(28)27(26-21)19-8-6-17(7-9-19)23(29)25-14-20-5-2-12-30-20/h1-13H,14-15H2,(H,25,29). The number of furan rings is 1. The lowest BCUT2D eigenvalue weighted by atomic mass is 10.2. The van der Waals surface area contributed by atoms with Crippen molar-refractivity contribution in [1.29, 1.82) is 0 Å². The highest BCUT2D eigenvalue weighted by molar-refractivity contribution is 5.94. The number of rotatable bonds is 7. The van der Waals surface area contributed by atoms with Crippen LogP contribution in [0.1, 0.15) is 21.7 Å². The number of aromatic nitrogens is 2. The number of benzene rings is 2. The molecule has 0 fully saturated rings. The molecule has 7 nitrogen and oxygen atoms in total. The Bertz CT molecular complexity index is 1230. The van der Waals surface area contributed by atoms with Crippen molar-refractivity contribution in [3.8, 4) is 11.6 Å². The average Bonchev–Trinajstić information content (AvgIpc) is 3.31. The fourth-order valence-electron chi connectivity index (χ4n) is 2.88. The molecule has 1 amide bonds. The van der Waals surface area contributed by atoms with Gasteiger partial charge in [-0.05, 0) is 54.1 Å². The van der Waals surface area contributed by atoms with Gasteiger partial charge in [-0.25, -0.2) is 4.39 Å². The highest BCUT2D eigenvalue weighted by Gasteiger charge is 2.09. The first-order valence-corrected chi connectivity index (χ1v) is 9.47. The van der Waals surface area contributed by atoms with Gasteiger partial charge < -0.3 is 14.5 Å². The van der Waals surface area contributed by atoms with Crippen LogP contribution in [0.3, 0.4) is 0 Å². The zero-order valence-corrected chi connectivity index (χ0v) is 16.3. The van der Waals surface area contributed by atoms with Gasteiger partial charge in [0.1, 0.15) is 18.2 Å². The minimum Gasteiger partial charge on any atom is -0.472 e. The van der Waals surface area contributed by atoms with Gasteiger partial charge >= 0.3 is 0 Å². The maximum absolute atomic E-state index is 13.3. The zero-order valence-electron chi connectivity index (χ0n) is 16.3. The predicted octanol–water partition coefficient (Wildman–Crippen LogP) is 3.47. The molecule has 2 aromatic heterocycles. The number of nitrogens with zero attached hydrogens (tertiary/aromatic N) is 2. The lowest BCUT2D eigenvalue weighted by Crippen LogP contribution is -2.23. The number of hydrogen-bond acceptors (Lipinski definition) is 5. The Balaban J connectivity index is 1.45. The number of nitrogens with one attached hydrogen (secondary N) is 1. The minimum atomic E-state index is -0.354. The van der Waals surface area contributed by atoms with Gasteiger partial charge in [-0.1, -0.05) is 12.1 Å². The largest absolute Gasteiger partial charge is 0.472 e. The van der Waals surface area contributed by atoms with Gasteiger partial charge in [0.25, 0.3) is 11.5 Å². The summed E-state index contributed by atoms with van der Waals surface area (Å²) in [7, 11) is 0. The summed E-state index contributed by atoms with van der Waals surface area (Å²) >= 11 is 0. The van der Waals surface area contributed by atoms with E-state index in [4.69, 9.17) is 9.15 Å². The predicted molar refractivity (Wildman–Crippen MR) is 110 cm³/mol. The van der Waals surface area contributed by atoms with Gasteiger partial charge in [0, 0.05) is 17.7 Å². The van der Waals surface area contributed by atoms with Crippen LogP contribution in [0.25, 0.3) is 5.69 Å². The van der Waals surface area contributed by atoms with Crippen molar-refractivity contribution in [3.05, 3.63) is 112 Å². The number of carbonyl (C=O) groups is 1. The smallest absolute Gasteiger partial charge is 0.271 e. The molecule has 4 aromatic rings. The minimum absolute atomic E-state index is 0.109. The van der Waals surface area contributed by atoms with Crippen LogP contribution in [-0.2, 0) is 13.2 Å². The van der Waals surface area contributed by atoms with Crippen molar-refractivity contribution >= 4 is 5.91 Å². The van der Waals surface area contributed by atoms with E-state index >= 15 is 0 Å². The van der Waals surface area contributed by atoms with Gasteiger partial charge in [-0.15, -0.1) is 5.10 Å². The molecule has 0 saturated heterocycles. The topological polar surface area (TPSA) is 86.4 Å². The van der Waals surface area contributed by atoms with E-state index in [1.807, 2.05) is 0 Å². The Morgan fingerprint density at radius 3 is 2.65 bits per heavy atom. The number of hydrogen-bond donors (Lipinski definition) is 1. The van der Waals surface area contributed by atoms with E-state index in [-0.39, 0.29) is 36.3 Å². The maximum atomic E-state index is 13.3. The van der Waals surface area contributed by atoms with Crippen molar-refractivity contribution < 1.29 is 18.3 Å². The number of amides is 1. The van der Waals surface area contributed by atoms with Crippen LogP contribution in [0.2, 0.25) is 0 Å². The summed E-state index contributed by atoms with van der Waals surface area (Å²) in [5.74, 6) is 0.239. The second-order valence-electron chi connectivity index (χ2n) is 6.65. The third kappa shape index (κ3) is 5.05. The van der Waals surface area contributed by atoms with Crippen LogP contribution in [0.5, 0.6) is 5.88 Å². The summed E-state index contributed by atoms with van der Waals surface area (Å²) in [5, 5.41) is 6.95. The molecule has 0 aliphatic carbocycles. The first-order valence-electron chi connectivity index (χ1n) is 9.47. The van der Waals surface area contributed by atoms with Crippen LogP contribution in [0.15, 0.2) is 88.3 Å². The fourth-order valence-corrected chi connectivity index (χ4v) is 2.88. The van der Waals surface area contributed by atoms with Crippen LogP contribution in [0, 0.1) is 5.82 Å². The summed E-state index contributed by atoms with van der Waals surface area (Å²) in [6, 6.07) is 18.8. The Hall–Kier alpha value is -4.20.